The fraction of sp³-hybridized carbons (Fsp3) is 0.844. The number of nitrogens with one attached hydrogen (secondary N) is 2. The minimum absolute atomic E-state index is 0.00132. The van der Waals surface area contributed by atoms with Crippen LogP contribution in [0.1, 0.15) is 154 Å². The molecular weight excluding hydrogens is 711 g/mol. The molecule has 0 spiro atoms. The van der Waals surface area contributed by atoms with E-state index in [9.17, 15) is 29.1 Å². The van der Waals surface area contributed by atoms with Gasteiger partial charge in [0.1, 0.15) is 11.7 Å². The Hall–Kier alpha value is -3.11. The lowest BCUT2D eigenvalue weighted by Crippen LogP contribution is -2.67. The van der Waals surface area contributed by atoms with E-state index >= 15 is 0 Å². The number of carboxylic acid groups (broad SMARTS) is 1. The highest BCUT2D eigenvalue weighted by Crippen LogP contribution is 2.76. The molecule has 4 saturated carbocycles. The van der Waals surface area contributed by atoms with E-state index in [4.69, 9.17) is 9.47 Å². The third-order valence-corrected chi connectivity index (χ3v) is 16.4. The number of amides is 3. The molecule has 11 heteroatoms. The Morgan fingerprint density at radius 3 is 2.18 bits per heavy atom. The first-order valence-electron chi connectivity index (χ1n) is 21.5. The number of esters is 1. The number of Topliss-reactive ketones (excluding diaryl/α,β-unsaturated/α-hetero) is 1. The lowest BCUT2D eigenvalue weighted by atomic mass is 9.33. The standard InChI is InChI=1S/C45H71N3O8/c1-26(2)34-29(49)23-45(47-37(53)48-22-17-27(25-48)46-38(54)56-39(3,4)5)21-20-43(11)28(35(34)45)13-14-31-42(10)18-16-32(55-33(50)24-40(6,7)36(51)52)41(8,9)30(42)15-19-44(31,43)12/h26-28,30-32H,13-25H2,1-12H3,(H,46,54)(H,47,53)(H,51,52)/t27?,28?,30?,31?,32-,42-,43+,44+,45+/m0/s1. The van der Waals surface area contributed by atoms with E-state index in [2.05, 4.69) is 59.1 Å². The molecule has 56 heavy (non-hydrogen) atoms. The van der Waals surface area contributed by atoms with Crippen LogP contribution >= 0.6 is 0 Å². The Balaban J connectivity index is 1.23. The number of carbonyl (C=O) groups is 5. The highest BCUT2D eigenvalue weighted by Gasteiger charge is 2.70. The first kappa shape index (κ1) is 42.5. The van der Waals surface area contributed by atoms with Crippen LogP contribution in [0.5, 0.6) is 0 Å². The van der Waals surface area contributed by atoms with E-state index in [1.807, 2.05) is 20.8 Å². The third kappa shape index (κ3) is 6.96. The first-order valence-corrected chi connectivity index (χ1v) is 21.5. The van der Waals surface area contributed by atoms with Gasteiger partial charge in [-0.15, -0.1) is 0 Å². The van der Waals surface area contributed by atoms with Crippen LogP contribution in [-0.2, 0) is 23.9 Å². The van der Waals surface area contributed by atoms with Crippen molar-refractivity contribution in [1.82, 2.24) is 15.5 Å². The summed E-state index contributed by atoms with van der Waals surface area (Å²) < 4.78 is 11.6. The molecule has 6 rings (SSSR count). The molecule has 3 N–H and O–H groups in total. The van der Waals surface area contributed by atoms with Crippen LogP contribution in [0, 0.1) is 50.7 Å². The molecule has 5 fully saturated rings. The Morgan fingerprint density at radius 2 is 1.55 bits per heavy atom. The van der Waals surface area contributed by atoms with Crippen molar-refractivity contribution in [2.45, 2.75) is 177 Å². The SMILES string of the molecule is CC(C)C1=C2C3CCC4[C@@]5(C)CC[C@H](OC(=O)CC(C)(C)C(=O)O)C(C)(C)C5CC[C@@]4(C)[C@]3(C)CC[C@@]2(NC(=O)N2CCC(NC(=O)OC(C)(C)C)C2)CC1=O. The molecule has 4 unspecified atom stereocenters. The Bertz CT molecular complexity index is 1680. The van der Waals surface area contributed by atoms with Gasteiger partial charge in [0.15, 0.2) is 5.78 Å². The maximum Gasteiger partial charge on any atom is 0.407 e. The van der Waals surface area contributed by atoms with Crippen molar-refractivity contribution in [3.05, 3.63) is 11.1 Å². The number of carbonyl (C=O) groups excluding carboxylic acids is 4. The molecule has 11 nitrogen and oxygen atoms in total. The van der Waals surface area contributed by atoms with E-state index in [1.54, 1.807) is 18.7 Å². The van der Waals surface area contributed by atoms with Crippen molar-refractivity contribution >= 4 is 29.8 Å². The van der Waals surface area contributed by atoms with Gasteiger partial charge in [-0.2, -0.15) is 0 Å². The normalized spacial score (nSPS) is 37.9. The number of allylic oxidation sites excluding steroid dienone is 1. The third-order valence-electron chi connectivity index (χ3n) is 16.4. The molecule has 1 aliphatic heterocycles. The van der Waals surface area contributed by atoms with E-state index < -0.39 is 34.6 Å². The summed E-state index contributed by atoms with van der Waals surface area (Å²) in [5.74, 6) is -0.283. The van der Waals surface area contributed by atoms with Crippen molar-refractivity contribution in [3.63, 3.8) is 0 Å². The molecule has 0 radical (unpaired) electrons. The number of ether oxygens (including phenoxy) is 2. The summed E-state index contributed by atoms with van der Waals surface area (Å²) in [7, 11) is 0. The van der Waals surface area contributed by atoms with Gasteiger partial charge in [0.25, 0.3) is 0 Å². The zero-order valence-corrected chi connectivity index (χ0v) is 36.4. The van der Waals surface area contributed by atoms with Crippen molar-refractivity contribution in [1.29, 1.82) is 0 Å². The van der Waals surface area contributed by atoms with E-state index in [0.29, 0.717) is 37.8 Å². The first-order chi connectivity index (χ1) is 25.7. The highest BCUT2D eigenvalue weighted by atomic mass is 16.6. The molecule has 0 aromatic heterocycles. The minimum atomic E-state index is -1.18. The summed E-state index contributed by atoms with van der Waals surface area (Å²) in [6.45, 7) is 25.8. The van der Waals surface area contributed by atoms with E-state index in [1.165, 1.54) is 5.57 Å². The molecule has 6 aliphatic rings. The van der Waals surface area contributed by atoms with E-state index in [0.717, 1.165) is 56.9 Å². The number of aliphatic carboxylic acids is 1. The molecular formula is C45H71N3O8. The van der Waals surface area contributed by atoms with Crippen molar-refractivity contribution in [3.8, 4) is 0 Å². The summed E-state index contributed by atoms with van der Waals surface area (Å²) in [5.41, 5.74) is -0.721. The zero-order valence-electron chi connectivity index (χ0n) is 36.4. The van der Waals surface area contributed by atoms with Gasteiger partial charge >= 0.3 is 24.1 Å². The van der Waals surface area contributed by atoms with Crippen LogP contribution in [0.2, 0.25) is 0 Å². The zero-order chi connectivity index (χ0) is 41.6. The number of likely N-dealkylation sites (tertiary alicyclic amines) is 1. The van der Waals surface area contributed by atoms with Crippen molar-refractivity contribution in [2.75, 3.05) is 13.1 Å². The second-order valence-electron chi connectivity index (χ2n) is 22.0. The topological polar surface area (TPSA) is 151 Å². The van der Waals surface area contributed by atoms with Crippen LogP contribution in [-0.4, -0.2) is 76.2 Å². The van der Waals surface area contributed by atoms with Gasteiger partial charge in [-0.1, -0.05) is 48.5 Å². The molecule has 0 bridgehead atoms. The van der Waals surface area contributed by atoms with Gasteiger partial charge in [0.2, 0.25) is 0 Å². The van der Waals surface area contributed by atoms with Crippen molar-refractivity contribution in [2.24, 2.45) is 50.7 Å². The summed E-state index contributed by atoms with van der Waals surface area (Å²) in [5, 5.41) is 16.0. The predicted molar refractivity (Wildman–Crippen MR) is 214 cm³/mol. The Labute approximate surface area is 335 Å². The van der Waals surface area contributed by atoms with Gasteiger partial charge in [0.05, 0.1) is 23.4 Å². The van der Waals surface area contributed by atoms with Gasteiger partial charge in [-0.05, 0) is 143 Å². The molecule has 3 amide bonds. The largest absolute Gasteiger partial charge is 0.481 e. The van der Waals surface area contributed by atoms with Gasteiger partial charge in [-0.25, -0.2) is 9.59 Å². The van der Waals surface area contributed by atoms with Gasteiger partial charge in [-0.3, -0.25) is 14.4 Å². The summed E-state index contributed by atoms with van der Waals surface area (Å²) in [6.07, 6.45) is 7.43. The quantitative estimate of drug-likeness (QED) is 0.218. The lowest BCUT2D eigenvalue weighted by molar-refractivity contribution is -0.232. The van der Waals surface area contributed by atoms with Crippen LogP contribution in [0.3, 0.4) is 0 Å². The lowest BCUT2D eigenvalue weighted by Gasteiger charge is -2.72. The maximum absolute atomic E-state index is 14.2. The molecule has 1 heterocycles. The van der Waals surface area contributed by atoms with Crippen LogP contribution < -0.4 is 10.6 Å². The molecule has 0 aromatic rings. The van der Waals surface area contributed by atoms with Crippen LogP contribution in [0.15, 0.2) is 11.1 Å². The maximum atomic E-state index is 14.2. The van der Waals surface area contributed by atoms with Crippen LogP contribution in [0.25, 0.3) is 0 Å². The number of carboxylic acids is 1. The number of hydrogen-bond acceptors (Lipinski definition) is 7. The average molecular weight is 782 g/mol. The van der Waals surface area contributed by atoms with Gasteiger partial charge < -0.3 is 30.1 Å². The predicted octanol–water partition coefficient (Wildman–Crippen LogP) is 8.44. The highest BCUT2D eigenvalue weighted by molar-refractivity contribution is 6.02. The smallest absolute Gasteiger partial charge is 0.407 e. The number of hydrogen-bond donors (Lipinski definition) is 3. The van der Waals surface area contributed by atoms with Crippen LogP contribution in [0.4, 0.5) is 9.59 Å². The Morgan fingerprint density at radius 1 is 0.875 bits per heavy atom. The summed E-state index contributed by atoms with van der Waals surface area (Å²) in [6, 6.07) is -0.367. The second kappa shape index (κ2) is 14.0. The molecule has 5 aliphatic carbocycles. The van der Waals surface area contributed by atoms with E-state index in [-0.39, 0.29) is 63.9 Å². The van der Waals surface area contributed by atoms with Gasteiger partial charge in [0, 0.05) is 24.9 Å². The molecule has 314 valence electrons. The molecule has 0 aromatic carbocycles. The number of alkyl carbamates (subject to hydrolysis) is 1. The molecule has 9 atom stereocenters. The molecule has 1 saturated heterocycles. The summed E-state index contributed by atoms with van der Waals surface area (Å²) >= 11 is 0. The van der Waals surface area contributed by atoms with Crippen molar-refractivity contribution < 1.29 is 38.6 Å². The number of rotatable bonds is 7. The minimum Gasteiger partial charge on any atom is -0.481 e. The fourth-order valence-corrected chi connectivity index (χ4v) is 13.4. The number of nitrogens with zero attached hydrogens (tertiary/aromatic N) is 1. The average Bonchev–Trinajstić information content (AvgIpc) is 3.63. The second-order valence-corrected chi connectivity index (χ2v) is 22.0. The Kier molecular flexibility index (Phi) is 10.6. The monoisotopic (exact) mass is 782 g/mol. The number of ketones is 1. The summed E-state index contributed by atoms with van der Waals surface area (Å²) in [4.78, 5) is 67.4. The number of fused-ring (bicyclic) bond motifs is 7. The fourth-order valence-electron chi connectivity index (χ4n) is 13.4. The number of urea groups is 1.